The van der Waals surface area contributed by atoms with Crippen molar-refractivity contribution in [2.24, 2.45) is 0 Å². The smallest absolute Gasteiger partial charge is 0.133 e. The van der Waals surface area contributed by atoms with Crippen LogP contribution in [-0.2, 0) is 6.61 Å². The van der Waals surface area contributed by atoms with Gasteiger partial charge < -0.3 is 14.9 Å². The maximum atomic E-state index is 9.96. The van der Waals surface area contributed by atoms with Crippen molar-refractivity contribution in [2.45, 2.75) is 26.1 Å². The zero-order valence-electron chi connectivity index (χ0n) is 10.9. The lowest BCUT2D eigenvalue weighted by Crippen LogP contribution is -1.98. The molecule has 2 rings (SSSR count). The number of rotatable bonds is 5. The first-order valence-electron chi connectivity index (χ1n) is 6.39. The fraction of sp³-hybridized carbons (Fsp3) is 0.250. The van der Waals surface area contributed by atoms with E-state index in [1.807, 2.05) is 43.3 Å². The molecule has 0 saturated heterocycles. The summed E-state index contributed by atoms with van der Waals surface area (Å²) in [6.07, 6.45) is 0.122. The van der Waals surface area contributed by atoms with Crippen LogP contribution in [0.2, 0.25) is 0 Å². The Labute approximate surface area is 113 Å². The summed E-state index contributed by atoms with van der Waals surface area (Å²) in [5.74, 6) is 1.35. The van der Waals surface area contributed by atoms with E-state index in [1.165, 1.54) is 0 Å². The molecule has 0 fully saturated rings. The molecule has 3 nitrogen and oxygen atoms in total. The Kier molecular flexibility index (Phi) is 4.55. The molecule has 2 aromatic rings. The summed E-state index contributed by atoms with van der Waals surface area (Å²) in [7, 11) is 0. The van der Waals surface area contributed by atoms with E-state index in [-0.39, 0.29) is 6.61 Å². The Morgan fingerprint density at radius 1 is 1.05 bits per heavy atom. The second kappa shape index (κ2) is 6.36. The fourth-order valence-electron chi connectivity index (χ4n) is 1.86. The van der Waals surface area contributed by atoms with Gasteiger partial charge in [0.15, 0.2) is 0 Å². The van der Waals surface area contributed by atoms with Crippen molar-refractivity contribution < 1.29 is 14.9 Å². The molecular formula is C16H18O3. The molecule has 2 N–H and O–H groups in total. The van der Waals surface area contributed by atoms with Crippen LogP contribution in [0.4, 0.5) is 0 Å². The largest absolute Gasteiger partial charge is 0.457 e. The van der Waals surface area contributed by atoms with Crippen molar-refractivity contribution in [3.8, 4) is 11.5 Å². The van der Waals surface area contributed by atoms with E-state index in [9.17, 15) is 5.11 Å². The molecular weight excluding hydrogens is 240 g/mol. The van der Waals surface area contributed by atoms with Crippen LogP contribution in [0.15, 0.2) is 48.5 Å². The average molecular weight is 258 g/mol. The molecule has 0 spiro atoms. The van der Waals surface area contributed by atoms with Crippen molar-refractivity contribution in [1.29, 1.82) is 0 Å². The highest BCUT2D eigenvalue weighted by atomic mass is 16.5. The van der Waals surface area contributed by atoms with Gasteiger partial charge in [0.25, 0.3) is 0 Å². The molecule has 0 aliphatic heterocycles. The van der Waals surface area contributed by atoms with E-state index < -0.39 is 6.10 Å². The quantitative estimate of drug-likeness (QED) is 0.864. The zero-order chi connectivity index (χ0) is 13.7. The number of hydrogen-bond acceptors (Lipinski definition) is 3. The summed E-state index contributed by atoms with van der Waals surface area (Å²) in [5, 5.41) is 19.0. The van der Waals surface area contributed by atoms with Crippen molar-refractivity contribution in [1.82, 2.24) is 0 Å². The predicted molar refractivity (Wildman–Crippen MR) is 74.1 cm³/mol. The standard InChI is InChI=1S/C16H18O3/c1-2-15(18)14-5-3-4-6-16(14)19-13-9-7-12(11-17)8-10-13/h3-10,15,17-18H,2,11H2,1H3. The molecule has 0 heterocycles. The molecule has 0 aromatic heterocycles. The Balaban J connectivity index is 2.22. The van der Waals surface area contributed by atoms with Crippen molar-refractivity contribution in [3.63, 3.8) is 0 Å². The third-order valence-corrected chi connectivity index (χ3v) is 3.00. The number of benzene rings is 2. The Hall–Kier alpha value is -1.84. The lowest BCUT2D eigenvalue weighted by Gasteiger charge is -2.14. The van der Waals surface area contributed by atoms with Crippen LogP contribution in [0.25, 0.3) is 0 Å². The molecule has 2 aromatic carbocycles. The van der Waals surface area contributed by atoms with Crippen LogP contribution in [0, 0.1) is 0 Å². The molecule has 0 amide bonds. The minimum Gasteiger partial charge on any atom is -0.457 e. The third-order valence-electron chi connectivity index (χ3n) is 3.00. The molecule has 3 heteroatoms. The second-order valence-electron chi connectivity index (χ2n) is 4.37. The van der Waals surface area contributed by atoms with Gasteiger partial charge in [-0.3, -0.25) is 0 Å². The van der Waals surface area contributed by atoms with Gasteiger partial charge in [-0.2, -0.15) is 0 Å². The summed E-state index contributed by atoms with van der Waals surface area (Å²) >= 11 is 0. The van der Waals surface area contributed by atoms with Crippen molar-refractivity contribution >= 4 is 0 Å². The highest BCUT2D eigenvalue weighted by Crippen LogP contribution is 2.30. The highest BCUT2D eigenvalue weighted by Gasteiger charge is 2.11. The minimum absolute atomic E-state index is 0.0193. The summed E-state index contributed by atoms with van der Waals surface area (Å²) in [5.41, 5.74) is 1.63. The monoisotopic (exact) mass is 258 g/mol. The first kappa shape index (κ1) is 13.6. The number of ether oxygens (including phenoxy) is 1. The van der Waals surface area contributed by atoms with Crippen molar-refractivity contribution in [3.05, 3.63) is 59.7 Å². The zero-order valence-corrected chi connectivity index (χ0v) is 10.9. The van der Waals surface area contributed by atoms with E-state index in [0.717, 1.165) is 11.1 Å². The number of aliphatic hydroxyl groups is 2. The van der Waals surface area contributed by atoms with Gasteiger partial charge in [-0.25, -0.2) is 0 Å². The van der Waals surface area contributed by atoms with E-state index in [4.69, 9.17) is 9.84 Å². The fourth-order valence-corrected chi connectivity index (χ4v) is 1.86. The SMILES string of the molecule is CCC(O)c1ccccc1Oc1ccc(CO)cc1. The molecule has 0 saturated carbocycles. The molecule has 1 atom stereocenters. The van der Waals surface area contributed by atoms with Crippen LogP contribution < -0.4 is 4.74 Å². The molecule has 0 aliphatic carbocycles. The number of hydrogen-bond donors (Lipinski definition) is 2. The number of para-hydroxylation sites is 1. The third kappa shape index (κ3) is 3.34. The maximum Gasteiger partial charge on any atom is 0.133 e. The van der Waals surface area contributed by atoms with Gasteiger partial charge in [0.05, 0.1) is 12.7 Å². The van der Waals surface area contributed by atoms with Crippen LogP contribution >= 0.6 is 0 Å². The maximum absolute atomic E-state index is 9.96. The topological polar surface area (TPSA) is 49.7 Å². The summed E-state index contributed by atoms with van der Waals surface area (Å²) in [6.45, 7) is 1.95. The molecule has 0 radical (unpaired) electrons. The van der Waals surface area contributed by atoms with Gasteiger partial charge in [0.1, 0.15) is 11.5 Å². The molecule has 0 bridgehead atoms. The molecule has 19 heavy (non-hydrogen) atoms. The summed E-state index contributed by atoms with van der Waals surface area (Å²) in [6, 6.07) is 14.7. The Morgan fingerprint density at radius 2 is 1.74 bits per heavy atom. The molecule has 0 aliphatic rings. The van der Waals surface area contributed by atoms with Gasteiger partial charge in [-0.05, 0) is 30.2 Å². The lowest BCUT2D eigenvalue weighted by atomic mass is 10.1. The van der Waals surface area contributed by atoms with Gasteiger partial charge >= 0.3 is 0 Å². The predicted octanol–water partition coefficient (Wildman–Crippen LogP) is 3.41. The van der Waals surface area contributed by atoms with Crippen LogP contribution in [-0.4, -0.2) is 10.2 Å². The van der Waals surface area contributed by atoms with E-state index in [1.54, 1.807) is 12.1 Å². The summed E-state index contributed by atoms with van der Waals surface area (Å²) < 4.78 is 5.79. The molecule has 1 unspecified atom stereocenters. The Bertz CT molecular complexity index is 520. The van der Waals surface area contributed by atoms with E-state index in [2.05, 4.69) is 0 Å². The van der Waals surface area contributed by atoms with Crippen LogP contribution in [0.1, 0.15) is 30.6 Å². The van der Waals surface area contributed by atoms with E-state index >= 15 is 0 Å². The minimum atomic E-state index is -0.520. The van der Waals surface area contributed by atoms with Crippen molar-refractivity contribution in [2.75, 3.05) is 0 Å². The first-order chi connectivity index (χ1) is 9.24. The van der Waals surface area contributed by atoms with Gasteiger partial charge in [0, 0.05) is 5.56 Å². The number of aliphatic hydroxyl groups excluding tert-OH is 2. The average Bonchev–Trinajstić information content (AvgIpc) is 2.48. The summed E-state index contributed by atoms with van der Waals surface area (Å²) in [4.78, 5) is 0. The first-order valence-corrected chi connectivity index (χ1v) is 6.39. The second-order valence-corrected chi connectivity index (χ2v) is 4.37. The van der Waals surface area contributed by atoms with Crippen LogP contribution in [0.5, 0.6) is 11.5 Å². The Morgan fingerprint density at radius 3 is 2.37 bits per heavy atom. The van der Waals surface area contributed by atoms with Crippen LogP contribution in [0.3, 0.4) is 0 Å². The van der Waals surface area contributed by atoms with E-state index in [0.29, 0.717) is 17.9 Å². The highest BCUT2D eigenvalue weighted by molar-refractivity contribution is 5.39. The lowest BCUT2D eigenvalue weighted by molar-refractivity contribution is 0.170. The normalized spacial score (nSPS) is 12.2. The van der Waals surface area contributed by atoms with Gasteiger partial charge in [-0.1, -0.05) is 37.3 Å². The molecule has 100 valence electrons. The van der Waals surface area contributed by atoms with Gasteiger partial charge in [-0.15, -0.1) is 0 Å². The van der Waals surface area contributed by atoms with Gasteiger partial charge in [0.2, 0.25) is 0 Å².